The molecule has 0 atom stereocenters. The zero-order chi connectivity index (χ0) is 19.5. The first kappa shape index (κ1) is 20.8. The molecule has 0 amide bonds. The molecular formula is C14H22N4O6P2. The second kappa shape index (κ2) is 8.00. The molecule has 0 aromatic carbocycles. The van der Waals surface area contributed by atoms with Crippen LogP contribution in [-0.4, -0.2) is 41.6 Å². The number of allylic oxidation sites excluding steroid dienone is 3. The van der Waals surface area contributed by atoms with Crippen molar-refractivity contribution in [2.75, 3.05) is 0 Å². The molecule has 0 unspecified atom stereocenters. The van der Waals surface area contributed by atoms with Crippen LogP contribution in [-0.2, 0) is 22.0 Å². The van der Waals surface area contributed by atoms with Crippen LogP contribution in [0.1, 0.15) is 31.0 Å². The summed E-state index contributed by atoms with van der Waals surface area (Å²) in [7, 11) is -10.3. The normalized spacial score (nSPS) is 16.5. The van der Waals surface area contributed by atoms with Gasteiger partial charge in [0.2, 0.25) is 5.52 Å². The number of fused-ring (bicyclic) bond motifs is 1. The van der Waals surface area contributed by atoms with Crippen molar-refractivity contribution in [3.63, 3.8) is 0 Å². The van der Waals surface area contributed by atoms with Crippen molar-refractivity contribution in [1.29, 1.82) is 0 Å². The number of aliphatic imine (C=N–C) groups is 1. The van der Waals surface area contributed by atoms with E-state index < -0.39 is 20.7 Å². The van der Waals surface area contributed by atoms with Gasteiger partial charge in [0.15, 0.2) is 0 Å². The summed E-state index contributed by atoms with van der Waals surface area (Å²) < 4.78 is 24.4. The van der Waals surface area contributed by atoms with Crippen LogP contribution in [0.5, 0.6) is 0 Å². The van der Waals surface area contributed by atoms with E-state index in [-0.39, 0.29) is 5.82 Å². The lowest BCUT2D eigenvalue weighted by molar-refractivity contribution is 0.332. The number of hydrogen-bond donors (Lipinski definition) is 5. The third-order valence-corrected chi connectivity index (χ3v) is 7.25. The maximum absolute atomic E-state index is 11.4. The summed E-state index contributed by atoms with van der Waals surface area (Å²) in [6.07, 6.45) is 8.89. The minimum Gasteiger partial charge on any atom is -0.346 e. The average Bonchev–Trinajstić information content (AvgIpc) is 2.96. The van der Waals surface area contributed by atoms with Gasteiger partial charge in [-0.1, -0.05) is 6.08 Å². The van der Waals surface area contributed by atoms with Gasteiger partial charge in [-0.3, -0.25) is 9.13 Å². The van der Waals surface area contributed by atoms with E-state index in [1.807, 2.05) is 6.20 Å². The van der Waals surface area contributed by atoms with Gasteiger partial charge in [-0.15, -0.1) is 0 Å². The molecule has 0 radical (unpaired) electrons. The van der Waals surface area contributed by atoms with Crippen molar-refractivity contribution in [1.82, 2.24) is 15.1 Å². The smallest absolute Gasteiger partial charge is 0.346 e. The fourth-order valence-corrected chi connectivity index (χ4v) is 4.82. The van der Waals surface area contributed by atoms with E-state index in [0.717, 1.165) is 36.9 Å². The van der Waals surface area contributed by atoms with Crippen molar-refractivity contribution in [2.24, 2.45) is 4.99 Å². The second-order valence-corrected chi connectivity index (χ2v) is 9.65. The first-order valence-electron chi connectivity index (χ1n) is 7.85. The van der Waals surface area contributed by atoms with Gasteiger partial charge >= 0.3 is 15.2 Å². The summed E-state index contributed by atoms with van der Waals surface area (Å²) in [5.74, 6) is -0.191. The highest BCUT2D eigenvalue weighted by molar-refractivity contribution is 7.70. The van der Waals surface area contributed by atoms with Crippen LogP contribution < -0.4 is 5.32 Å². The molecule has 144 valence electrons. The Kier molecular flexibility index (Phi) is 6.39. The molecule has 0 saturated heterocycles. The molecule has 1 aromatic rings. The molecule has 0 spiro atoms. The van der Waals surface area contributed by atoms with Gasteiger partial charge in [-0.25, -0.2) is 9.67 Å². The van der Waals surface area contributed by atoms with Crippen LogP contribution >= 0.6 is 15.2 Å². The molecule has 0 fully saturated rings. The minimum atomic E-state index is -5.14. The average molecular weight is 404 g/mol. The fraction of sp³-hybridized carbons (Fsp3) is 0.429. The lowest BCUT2D eigenvalue weighted by Crippen LogP contribution is -2.28. The number of aryl methyl sites for hydroxylation is 2. The molecule has 26 heavy (non-hydrogen) atoms. The Hall–Kier alpha value is -1.54. The van der Waals surface area contributed by atoms with Crippen LogP contribution in [0.4, 0.5) is 0 Å². The molecule has 10 nitrogen and oxygen atoms in total. The van der Waals surface area contributed by atoms with Crippen molar-refractivity contribution in [3.8, 4) is 0 Å². The van der Waals surface area contributed by atoms with Gasteiger partial charge in [0, 0.05) is 12.3 Å². The summed E-state index contributed by atoms with van der Waals surface area (Å²) in [5, 5.41) is 6.60. The van der Waals surface area contributed by atoms with Crippen LogP contribution in [0.15, 0.2) is 29.2 Å². The third kappa shape index (κ3) is 5.01. The summed E-state index contributed by atoms with van der Waals surface area (Å²) in [5.41, 5.74) is 0.238. The van der Waals surface area contributed by atoms with Crippen LogP contribution in [0, 0.1) is 0 Å². The van der Waals surface area contributed by atoms with Crippen molar-refractivity contribution in [3.05, 3.63) is 35.4 Å². The molecule has 1 aliphatic carbocycles. The van der Waals surface area contributed by atoms with Crippen molar-refractivity contribution in [2.45, 2.75) is 38.1 Å². The Morgan fingerprint density at radius 3 is 2.42 bits per heavy atom. The Labute approximate surface area is 150 Å². The highest BCUT2D eigenvalue weighted by Gasteiger charge is 2.43. The van der Waals surface area contributed by atoms with Crippen LogP contribution in [0.3, 0.4) is 0 Å². The Bertz CT molecular complexity index is 789. The molecule has 2 rings (SSSR count). The van der Waals surface area contributed by atoms with E-state index in [0.29, 0.717) is 5.70 Å². The van der Waals surface area contributed by atoms with E-state index in [9.17, 15) is 28.7 Å². The quantitative estimate of drug-likeness (QED) is 0.259. The van der Waals surface area contributed by atoms with Crippen molar-refractivity contribution < 1.29 is 28.7 Å². The SMILES string of the molecule is C=N/C(=C\C(=C/C)n1cc2c(n1)CCCC2)NC(P(=O)(O)O)P(=O)(O)O. The molecular weight excluding hydrogens is 382 g/mol. The van der Waals surface area contributed by atoms with Gasteiger partial charge in [-0.05, 0) is 44.9 Å². The maximum Gasteiger partial charge on any atom is 0.360 e. The molecule has 0 aliphatic heterocycles. The third-order valence-electron chi connectivity index (χ3n) is 3.92. The first-order valence-corrected chi connectivity index (χ1v) is 11.2. The Morgan fingerprint density at radius 2 is 1.92 bits per heavy atom. The standard InChI is InChI=1S/C14H22N4O6P2/c1-3-11(18-9-10-6-4-5-7-12(10)17-18)8-13(15-2)16-14(25(19,20)21)26(22,23)24/h3,8-9,14,16H,2,4-7H2,1H3,(H2,19,20,21)(H2,22,23,24)/b11-3+,13-8+. The zero-order valence-corrected chi connectivity index (χ0v) is 16.0. The molecule has 0 saturated carbocycles. The van der Waals surface area contributed by atoms with Gasteiger partial charge in [0.05, 0.1) is 11.4 Å². The van der Waals surface area contributed by atoms with Gasteiger partial charge in [0.25, 0.3) is 0 Å². The first-order chi connectivity index (χ1) is 12.1. The predicted octanol–water partition coefficient (Wildman–Crippen LogP) is 1.39. The largest absolute Gasteiger partial charge is 0.360 e. The Morgan fingerprint density at radius 1 is 1.31 bits per heavy atom. The molecule has 0 bridgehead atoms. The molecule has 12 heteroatoms. The van der Waals surface area contributed by atoms with E-state index in [2.05, 4.69) is 22.1 Å². The number of nitrogens with zero attached hydrogens (tertiary/aromatic N) is 3. The minimum absolute atomic E-state index is 0.191. The highest BCUT2D eigenvalue weighted by atomic mass is 31.2. The number of aromatic nitrogens is 2. The van der Waals surface area contributed by atoms with E-state index in [1.165, 1.54) is 6.08 Å². The molecule has 5 N–H and O–H groups in total. The number of rotatable bonds is 7. The zero-order valence-electron chi connectivity index (χ0n) is 14.2. The summed E-state index contributed by atoms with van der Waals surface area (Å²) in [6, 6.07) is 0. The Balaban J connectivity index is 2.33. The highest BCUT2D eigenvalue weighted by Crippen LogP contribution is 2.58. The molecule has 1 heterocycles. The second-order valence-electron chi connectivity index (χ2n) is 5.85. The summed E-state index contributed by atoms with van der Waals surface area (Å²) in [4.78, 5) is 40.4. The lowest BCUT2D eigenvalue weighted by atomic mass is 9.99. The monoisotopic (exact) mass is 404 g/mol. The number of hydrogen-bond acceptors (Lipinski definition) is 5. The summed E-state index contributed by atoms with van der Waals surface area (Å²) in [6.45, 7) is 5.01. The van der Waals surface area contributed by atoms with Gasteiger partial charge in [0.1, 0.15) is 5.82 Å². The maximum atomic E-state index is 11.4. The van der Waals surface area contributed by atoms with E-state index in [4.69, 9.17) is 0 Å². The summed E-state index contributed by atoms with van der Waals surface area (Å²) >= 11 is 0. The molecule has 1 aromatic heterocycles. The topological polar surface area (TPSA) is 157 Å². The van der Waals surface area contributed by atoms with Gasteiger partial charge in [-0.2, -0.15) is 5.10 Å². The fourth-order valence-electron chi connectivity index (χ4n) is 2.66. The number of nitrogens with one attached hydrogen (secondary N) is 1. The van der Waals surface area contributed by atoms with Crippen LogP contribution in [0.25, 0.3) is 5.70 Å². The predicted molar refractivity (Wildman–Crippen MR) is 97.5 cm³/mol. The van der Waals surface area contributed by atoms with E-state index >= 15 is 0 Å². The van der Waals surface area contributed by atoms with Crippen molar-refractivity contribution >= 4 is 27.6 Å². The van der Waals surface area contributed by atoms with E-state index in [1.54, 1.807) is 17.7 Å². The molecule has 1 aliphatic rings. The van der Waals surface area contributed by atoms with Gasteiger partial charge < -0.3 is 24.9 Å². The van der Waals surface area contributed by atoms with Crippen LogP contribution in [0.2, 0.25) is 0 Å². The lowest BCUT2D eigenvalue weighted by Gasteiger charge is -2.21.